The molecule has 0 saturated heterocycles. The third kappa shape index (κ3) is 4.17. The van der Waals surface area contributed by atoms with Crippen LogP contribution in [0.2, 0.25) is 0 Å². The molecule has 0 radical (unpaired) electrons. The van der Waals surface area contributed by atoms with Gasteiger partial charge in [0.05, 0.1) is 12.3 Å². The molecular weight excluding hydrogens is 238 g/mol. The second-order valence-electron chi connectivity index (χ2n) is 3.89. The Morgan fingerprint density at radius 1 is 1.61 bits per heavy atom. The first-order valence-corrected chi connectivity index (χ1v) is 5.73. The average Bonchev–Trinajstić information content (AvgIpc) is 2.77. The zero-order valence-corrected chi connectivity index (χ0v) is 10.2. The van der Waals surface area contributed by atoms with Crippen molar-refractivity contribution in [2.75, 3.05) is 6.61 Å². The first kappa shape index (κ1) is 14.2. The summed E-state index contributed by atoms with van der Waals surface area (Å²) in [6, 6.07) is -1.02. The summed E-state index contributed by atoms with van der Waals surface area (Å²) in [5.74, 6) is -1.10. The van der Waals surface area contributed by atoms with Crippen molar-refractivity contribution in [3.05, 3.63) is 18.2 Å². The number of hydrogen-bond acceptors (Lipinski definition) is 5. The van der Waals surface area contributed by atoms with Gasteiger partial charge in [-0.05, 0) is 6.42 Å². The predicted molar refractivity (Wildman–Crippen MR) is 63.2 cm³/mol. The minimum absolute atomic E-state index is 0.0740. The summed E-state index contributed by atoms with van der Waals surface area (Å²) in [5, 5.41) is 8.65. The van der Waals surface area contributed by atoms with Gasteiger partial charge >= 0.3 is 12.1 Å². The van der Waals surface area contributed by atoms with E-state index in [9.17, 15) is 9.59 Å². The number of carboxylic acid groups (broad SMARTS) is 1. The number of ether oxygens (including phenoxy) is 1. The van der Waals surface area contributed by atoms with Crippen LogP contribution in [0.15, 0.2) is 12.5 Å². The summed E-state index contributed by atoms with van der Waals surface area (Å²) >= 11 is 0. The van der Waals surface area contributed by atoms with Crippen LogP contribution in [-0.2, 0) is 16.0 Å². The maximum atomic E-state index is 11.5. The maximum absolute atomic E-state index is 11.5. The number of carbonyl (C=O) groups excluding carboxylic acids is 1. The molecular formula is C11H17N3O4. The minimum Gasteiger partial charge on any atom is -0.480 e. The van der Waals surface area contributed by atoms with Crippen molar-refractivity contribution in [2.45, 2.75) is 32.2 Å². The van der Waals surface area contributed by atoms with Gasteiger partial charge in [-0.3, -0.25) is 4.79 Å². The molecule has 1 aromatic heterocycles. The van der Waals surface area contributed by atoms with E-state index in [4.69, 9.17) is 15.6 Å². The van der Waals surface area contributed by atoms with Crippen molar-refractivity contribution in [3.63, 3.8) is 0 Å². The molecule has 1 aromatic rings. The van der Waals surface area contributed by atoms with Crippen LogP contribution < -0.4 is 5.73 Å². The second-order valence-corrected chi connectivity index (χ2v) is 3.89. The number of rotatable bonds is 6. The lowest BCUT2D eigenvalue weighted by Gasteiger charge is -2.03. The molecule has 1 rings (SSSR count). The molecule has 7 nitrogen and oxygen atoms in total. The summed E-state index contributed by atoms with van der Waals surface area (Å²) < 4.78 is 6.15. The quantitative estimate of drug-likeness (QED) is 0.721. The number of aromatic nitrogens is 2. The number of carboxylic acids is 1. The van der Waals surface area contributed by atoms with Crippen molar-refractivity contribution >= 4 is 12.1 Å². The van der Waals surface area contributed by atoms with Gasteiger partial charge in [0, 0.05) is 12.6 Å². The molecule has 0 spiro atoms. The lowest BCUT2D eigenvalue weighted by Crippen LogP contribution is -2.32. The standard InChI is InChI=1S/C11H17N3O4/c1-2-3-4-18-11(17)14-6-8(13-7-14)5-9(12)10(15)16/h6-7,9H,2-5,12H2,1H3,(H,15,16)/t9-/m0/s1. The first-order chi connectivity index (χ1) is 8.54. The molecule has 0 aliphatic carbocycles. The Bertz CT molecular complexity index is 416. The molecule has 0 saturated carbocycles. The third-order valence-electron chi connectivity index (χ3n) is 2.32. The highest BCUT2D eigenvalue weighted by Gasteiger charge is 2.15. The van der Waals surface area contributed by atoms with Crippen LogP contribution in [0.25, 0.3) is 0 Å². The summed E-state index contributed by atoms with van der Waals surface area (Å²) in [6.07, 6.45) is 4.01. The number of nitrogens with zero attached hydrogens (tertiary/aromatic N) is 2. The molecule has 7 heteroatoms. The van der Waals surface area contributed by atoms with E-state index in [1.807, 2.05) is 6.92 Å². The third-order valence-corrected chi connectivity index (χ3v) is 2.32. The van der Waals surface area contributed by atoms with E-state index >= 15 is 0 Å². The highest BCUT2D eigenvalue weighted by Crippen LogP contribution is 2.01. The van der Waals surface area contributed by atoms with E-state index in [-0.39, 0.29) is 6.42 Å². The number of unbranched alkanes of at least 4 members (excludes halogenated alkanes) is 1. The summed E-state index contributed by atoms with van der Waals surface area (Å²) in [5.41, 5.74) is 5.81. The van der Waals surface area contributed by atoms with Crippen LogP contribution in [0.5, 0.6) is 0 Å². The van der Waals surface area contributed by atoms with Gasteiger partial charge in [-0.1, -0.05) is 13.3 Å². The van der Waals surface area contributed by atoms with Crippen LogP contribution in [0.3, 0.4) is 0 Å². The highest BCUT2D eigenvalue weighted by molar-refractivity contribution is 5.73. The Morgan fingerprint density at radius 2 is 2.33 bits per heavy atom. The fraction of sp³-hybridized carbons (Fsp3) is 0.545. The highest BCUT2D eigenvalue weighted by atomic mass is 16.5. The topological polar surface area (TPSA) is 107 Å². The molecule has 0 fully saturated rings. The fourth-order valence-electron chi connectivity index (χ4n) is 1.26. The van der Waals surface area contributed by atoms with E-state index in [0.717, 1.165) is 12.8 Å². The Labute approximate surface area is 105 Å². The molecule has 100 valence electrons. The molecule has 0 aromatic carbocycles. The summed E-state index contributed by atoms with van der Waals surface area (Å²) in [4.78, 5) is 26.0. The molecule has 1 atom stereocenters. The molecule has 3 N–H and O–H groups in total. The van der Waals surface area contributed by atoms with Crippen molar-refractivity contribution < 1.29 is 19.4 Å². The van der Waals surface area contributed by atoms with Crippen LogP contribution in [0.4, 0.5) is 4.79 Å². The van der Waals surface area contributed by atoms with Gasteiger partial charge in [0.15, 0.2) is 0 Å². The number of imidazole rings is 1. The Balaban J connectivity index is 2.52. The molecule has 0 bridgehead atoms. The smallest absolute Gasteiger partial charge is 0.419 e. The average molecular weight is 255 g/mol. The SMILES string of the molecule is CCCCOC(=O)n1cnc(C[C@H](N)C(=O)O)c1. The molecule has 0 aliphatic heterocycles. The van der Waals surface area contributed by atoms with Gasteiger partial charge in [-0.25, -0.2) is 14.3 Å². The second kappa shape index (κ2) is 6.75. The predicted octanol–water partition coefficient (Wildman–Crippen LogP) is 0.622. The van der Waals surface area contributed by atoms with Crippen molar-refractivity contribution in [1.82, 2.24) is 9.55 Å². The maximum Gasteiger partial charge on any atom is 0.419 e. The fourth-order valence-corrected chi connectivity index (χ4v) is 1.26. The molecule has 1 heterocycles. The Hall–Kier alpha value is -1.89. The van der Waals surface area contributed by atoms with Crippen LogP contribution >= 0.6 is 0 Å². The van der Waals surface area contributed by atoms with E-state index in [0.29, 0.717) is 12.3 Å². The van der Waals surface area contributed by atoms with Crippen molar-refractivity contribution in [2.24, 2.45) is 5.73 Å². The Kier molecular flexibility index (Phi) is 5.31. The largest absolute Gasteiger partial charge is 0.480 e. The molecule has 0 amide bonds. The lowest BCUT2D eigenvalue weighted by molar-refractivity contribution is -0.138. The van der Waals surface area contributed by atoms with Crippen molar-refractivity contribution in [3.8, 4) is 0 Å². The van der Waals surface area contributed by atoms with Crippen LogP contribution in [-0.4, -0.2) is 39.4 Å². The van der Waals surface area contributed by atoms with Gasteiger partial charge in [0.2, 0.25) is 0 Å². The van der Waals surface area contributed by atoms with Gasteiger partial charge in [0.1, 0.15) is 12.4 Å². The van der Waals surface area contributed by atoms with Crippen molar-refractivity contribution in [1.29, 1.82) is 0 Å². The van der Waals surface area contributed by atoms with E-state index in [1.165, 1.54) is 17.1 Å². The number of carbonyl (C=O) groups is 2. The lowest BCUT2D eigenvalue weighted by atomic mass is 10.2. The van der Waals surface area contributed by atoms with E-state index < -0.39 is 18.1 Å². The zero-order chi connectivity index (χ0) is 13.5. The molecule has 18 heavy (non-hydrogen) atoms. The van der Waals surface area contributed by atoms with Gasteiger partial charge in [0.25, 0.3) is 0 Å². The number of nitrogens with two attached hydrogens (primary N) is 1. The first-order valence-electron chi connectivity index (χ1n) is 5.73. The van der Waals surface area contributed by atoms with Gasteiger partial charge in [-0.15, -0.1) is 0 Å². The molecule has 0 aliphatic rings. The molecule has 0 unspecified atom stereocenters. The number of hydrogen-bond donors (Lipinski definition) is 2. The summed E-state index contributed by atoms with van der Waals surface area (Å²) in [6.45, 7) is 2.36. The van der Waals surface area contributed by atoms with Gasteiger partial charge < -0.3 is 15.6 Å². The normalized spacial score (nSPS) is 12.1. The van der Waals surface area contributed by atoms with E-state index in [1.54, 1.807) is 0 Å². The Morgan fingerprint density at radius 3 is 2.94 bits per heavy atom. The number of aliphatic carboxylic acids is 1. The van der Waals surface area contributed by atoms with Gasteiger partial charge in [-0.2, -0.15) is 0 Å². The van der Waals surface area contributed by atoms with Crippen LogP contribution in [0.1, 0.15) is 25.5 Å². The van der Waals surface area contributed by atoms with E-state index in [2.05, 4.69) is 4.98 Å². The van der Waals surface area contributed by atoms with Crippen LogP contribution in [0, 0.1) is 0 Å². The monoisotopic (exact) mass is 255 g/mol. The summed E-state index contributed by atoms with van der Waals surface area (Å²) in [7, 11) is 0. The zero-order valence-electron chi connectivity index (χ0n) is 10.2. The minimum atomic E-state index is -1.10.